The van der Waals surface area contributed by atoms with E-state index < -0.39 is 0 Å². The van der Waals surface area contributed by atoms with Crippen LogP contribution in [0.25, 0.3) is 0 Å². The molecule has 0 aromatic carbocycles. The van der Waals surface area contributed by atoms with Crippen LogP contribution in [0.15, 0.2) is 6.20 Å². The van der Waals surface area contributed by atoms with E-state index in [9.17, 15) is 0 Å². The fourth-order valence-corrected chi connectivity index (χ4v) is 1.62. The zero-order valence-electron chi connectivity index (χ0n) is 9.28. The minimum Gasteiger partial charge on any atom is -0.382 e. The summed E-state index contributed by atoms with van der Waals surface area (Å²) >= 11 is 5.14. The molecule has 0 aliphatic rings. The molecular weight excluding hydrogens is 212 g/mol. The lowest BCUT2D eigenvalue weighted by Crippen LogP contribution is -2.06. The van der Waals surface area contributed by atoms with Crippen LogP contribution < -0.4 is 0 Å². The number of methoxy groups -OCH3 is 1. The summed E-state index contributed by atoms with van der Waals surface area (Å²) in [6.45, 7) is 4.96. The number of aromatic nitrogens is 2. The summed E-state index contributed by atoms with van der Waals surface area (Å²) in [7, 11) is 1.67. The van der Waals surface area contributed by atoms with Crippen LogP contribution in [0, 0.1) is 11.7 Å². The number of nitrogens with zero attached hydrogens (tertiary/aromatic N) is 1. The molecule has 0 fully saturated rings. The van der Waals surface area contributed by atoms with Crippen LogP contribution in [-0.2, 0) is 16.0 Å². The number of rotatable bonds is 7. The highest BCUT2D eigenvalue weighted by Crippen LogP contribution is 1.99. The second kappa shape index (κ2) is 6.76. The first-order valence-corrected chi connectivity index (χ1v) is 5.47. The molecule has 0 aliphatic carbocycles. The van der Waals surface area contributed by atoms with Gasteiger partial charge in [-0.05, 0) is 25.6 Å². The molecule has 1 aromatic rings. The quantitative estimate of drug-likeness (QED) is 0.574. The Morgan fingerprint density at radius 3 is 2.80 bits per heavy atom. The van der Waals surface area contributed by atoms with Gasteiger partial charge in [-0.25, -0.2) is 0 Å². The van der Waals surface area contributed by atoms with Crippen LogP contribution in [0.1, 0.15) is 12.1 Å². The molecule has 0 bridgehead atoms. The van der Waals surface area contributed by atoms with Gasteiger partial charge < -0.3 is 19.0 Å². The summed E-state index contributed by atoms with van der Waals surface area (Å²) < 4.78 is 13.1. The van der Waals surface area contributed by atoms with Crippen molar-refractivity contribution in [3.63, 3.8) is 0 Å². The van der Waals surface area contributed by atoms with E-state index in [0.29, 0.717) is 13.2 Å². The summed E-state index contributed by atoms with van der Waals surface area (Å²) in [6, 6.07) is 0. The first-order chi connectivity index (χ1) is 7.24. The van der Waals surface area contributed by atoms with Gasteiger partial charge in [0.15, 0.2) is 4.77 Å². The molecule has 5 heteroatoms. The number of hydrogen-bond donors (Lipinski definition) is 1. The number of nitrogens with one attached hydrogen (secondary N) is 1. The third-order valence-electron chi connectivity index (χ3n) is 2.03. The molecule has 15 heavy (non-hydrogen) atoms. The molecule has 1 N–H and O–H groups in total. The first kappa shape index (κ1) is 12.4. The Balaban J connectivity index is 2.15. The predicted molar refractivity (Wildman–Crippen MR) is 61.7 cm³/mol. The van der Waals surface area contributed by atoms with Gasteiger partial charge in [-0.2, -0.15) is 0 Å². The Labute approximate surface area is 95.2 Å². The lowest BCUT2D eigenvalue weighted by atomic mass is 10.4. The number of aromatic amines is 1. The highest BCUT2D eigenvalue weighted by atomic mass is 32.1. The maximum Gasteiger partial charge on any atom is 0.177 e. The third kappa shape index (κ3) is 4.59. The lowest BCUT2D eigenvalue weighted by molar-refractivity contribution is 0.0680. The molecule has 1 aromatic heterocycles. The first-order valence-electron chi connectivity index (χ1n) is 5.07. The molecule has 0 radical (unpaired) electrons. The van der Waals surface area contributed by atoms with Crippen molar-refractivity contribution in [2.24, 2.45) is 0 Å². The van der Waals surface area contributed by atoms with Gasteiger partial charge in [0.2, 0.25) is 0 Å². The van der Waals surface area contributed by atoms with E-state index in [0.717, 1.165) is 30.0 Å². The van der Waals surface area contributed by atoms with Gasteiger partial charge in [-0.3, -0.25) is 0 Å². The molecule has 0 amide bonds. The van der Waals surface area contributed by atoms with Crippen LogP contribution in [0.5, 0.6) is 0 Å². The van der Waals surface area contributed by atoms with Gasteiger partial charge in [-0.1, -0.05) is 0 Å². The van der Waals surface area contributed by atoms with Gasteiger partial charge >= 0.3 is 0 Å². The van der Waals surface area contributed by atoms with Gasteiger partial charge in [0.05, 0.1) is 13.2 Å². The molecule has 86 valence electrons. The minimum absolute atomic E-state index is 0.655. The normalized spacial score (nSPS) is 10.8. The van der Waals surface area contributed by atoms with E-state index in [-0.39, 0.29) is 0 Å². The van der Waals surface area contributed by atoms with Gasteiger partial charge in [0.1, 0.15) is 0 Å². The fraction of sp³-hybridized carbons (Fsp3) is 0.700. The third-order valence-corrected chi connectivity index (χ3v) is 2.37. The van der Waals surface area contributed by atoms with Crippen molar-refractivity contribution in [1.29, 1.82) is 0 Å². The Morgan fingerprint density at radius 2 is 2.20 bits per heavy atom. The SMILES string of the molecule is COCCOCCCn1cc(C)[nH]c1=S. The summed E-state index contributed by atoms with van der Waals surface area (Å²) in [5, 5.41) is 0. The predicted octanol–water partition coefficient (Wildman–Crippen LogP) is 1.91. The van der Waals surface area contributed by atoms with Crippen molar-refractivity contribution in [3.05, 3.63) is 16.7 Å². The average molecular weight is 230 g/mol. The Bertz CT molecular complexity index is 332. The maximum atomic E-state index is 5.36. The summed E-state index contributed by atoms with van der Waals surface area (Å²) in [5.74, 6) is 0. The molecule has 0 spiro atoms. The Morgan fingerprint density at radius 1 is 1.40 bits per heavy atom. The monoisotopic (exact) mass is 230 g/mol. The zero-order valence-corrected chi connectivity index (χ0v) is 10.1. The molecule has 4 nitrogen and oxygen atoms in total. The number of H-pyrrole nitrogens is 1. The van der Waals surface area contributed by atoms with Gasteiger partial charge in [0.25, 0.3) is 0 Å². The number of aryl methyl sites for hydroxylation is 2. The molecule has 0 aliphatic heterocycles. The Kier molecular flexibility index (Phi) is 5.60. The van der Waals surface area contributed by atoms with E-state index >= 15 is 0 Å². The van der Waals surface area contributed by atoms with E-state index in [4.69, 9.17) is 21.7 Å². The van der Waals surface area contributed by atoms with Crippen molar-refractivity contribution in [2.45, 2.75) is 19.9 Å². The largest absolute Gasteiger partial charge is 0.382 e. The topological polar surface area (TPSA) is 39.2 Å². The van der Waals surface area contributed by atoms with Crippen LogP contribution in [-0.4, -0.2) is 36.5 Å². The second-order valence-electron chi connectivity index (χ2n) is 3.39. The van der Waals surface area contributed by atoms with Crippen LogP contribution >= 0.6 is 12.2 Å². The van der Waals surface area contributed by atoms with Crippen molar-refractivity contribution in [1.82, 2.24) is 9.55 Å². The standard InChI is InChI=1S/C10H18N2O2S/c1-9-8-12(10(15)11-9)4-3-5-14-7-6-13-2/h8H,3-7H2,1-2H3,(H,11,15). The highest BCUT2D eigenvalue weighted by molar-refractivity contribution is 7.71. The minimum atomic E-state index is 0.655. The second-order valence-corrected chi connectivity index (χ2v) is 3.78. The number of hydrogen-bond acceptors (Lipinski definition) is 3. The van der Waals surface area contributed by atoms with E-state index in [1.165, 1.54) is 0 Å². The Hall–Kier alpha value is -0.650. The lowest BCUT2D eigenvalue weighted by Gasteiger charge is -2.04. The van der Waals surface area contributed by atoms with Gasteiger partial charge in [0, 0.05) is 32.2 Å². The molecular formula is C10H18N2O2S. The zero-order chi connectivity index (χ0) is 11.1. The van der Waals surface area contributed by atoms with E-state index in [2.05, 4.69) is 4.98 Å². The van der Waals surface area contributed by atoms with Crippen LogP contribution in [0.3, 0.4) is 0 Å². The summed E-state index contributed by atoms with van der Waals surface area (Å²) in [6.07, 6.45) is 2.99. The fourth-order valence-electron chi connectivity index (χ4n) is 1.31. The van der Waals surface area contributed by atoms with Crippen molar-refractivity contribution in [3.8, 4) is 0 Å². The maximum absolute atomic E-state index is 5.36. The van der Waals surface area contributed by atoms with Crippen molar-refractivity contribution >= 4 is 12.2 Å². The molecule has 0 saturated carbocycles. The molecule has 0 saturated heterocycles. The molecule has 1 rings (SSSR count). The average Bonchev–Trinajstić information content (AvgIpc) is 2.51. The van der Waals surface area contributed by atoms with Crippen LogP contribution in [0.4, 0.5) is 0 Å². The molecule has 1 heterocycles. The van der Waals surface area contributed by atoms with Crippen molar-refractivity contribution in [2.75, 3.05) is 26.9 Å². The summed E-state index contributed by atoms with van der Waals surface area (Å²) in [5.41, 5.74) is 1.10. The number of ether oxygens (including phenoxy) is 2. The van der Waals surface area contributed by atoms with Crippen LogP contribution in [0.2, 0.25) is 0 Å². The smallest absolute Gasteiger partial charge is 0.177 e. The molecule has 0 unspecified atom stereocenters. The number of imidazole rings is 1. The summed E-state index contributed by atoms with van der Waals surface area (Å²) in [4.78, 5) is 3.09. The highest BCUT2D eigenvalue weighted by Gasteiger charge is 1.96. The van der Waals surface area contributed by atoms with E-state index in [1.807, 2.05) is 17.7 Å². The van der Waals surface area contributed by atoms with E-state index in [1.54, 1.807) is 7.11 Å². The molecule has 0 atom stereocenters. The van der Waals surface area contributed by atoms with Crippen molar-refractivity contribution < 1.29 is 9.47 Å². The van der Waals surface area contributed by atoms with Gasteiger partial charge in [-0.15, -0.1) is 0 Å².